The van der Waals surface area contributed by atoms with Gasteiger partial charge in [-0.3, -0.25) is 4.79 Å². The molecule has 0 aromatic carbocycles. The highest BCUT2D eigenvalue weighted by Gasteiger charge is 2.35. The molecule has 0 amide bonds. The van der Waals surface area contributed by atoms with Crippen LogP contribution in [-0.4, -0.2) is 6.29 Å². The molecule has 0 spiro atoms. The smallest absolute Gasteiger partial charge is 0.145 e. The van der Waals surface area contributed by atoms with Crippen molar-refractivity contribution in [3.8, 4) is 0 Å². The van der Waals surface area contributed by atoms with Crippen molar-refractivity contribution in [2.24, 2.45) is 17.8 Å². The molecule has 0 aliphatic heterocycles. The molecule has 0 heterocycles. The zero-order valence-electron chi connectivity index (χ0n) is 10.6. The van der Waals surface area contributed by atoms with Gasteiger partial charge < -0.3 is 0 Å². The Morgan fingerprint density at radius 1 is 1.31 bits per heavy atom. The van der Waals surface area contributed by atoms with Crippen LogP contribution in [0, 0.1) is 17.8 Å². The molecular formula is C15H22O. The first-order valence-corrected chi connectivity index (χ1v) is 6.46. The minimum absolute atomic E-state index is 0.550. The lowest BCUT2D eigenvalue weighted by atomic mass is 9.71. The highest BCUT2D eigenvalue weighted by Crippen LogP contribution is 2.48. The lowest BCUT2D eigenvalue weighted by Crippen LogP contribution is -2.23. The second-order valence-corrected chi connectivity index (χ2v) is 5.57. The quantitative estimate of drug-likeness (QED) is 0.390. The van der Waals surface area contributed by atoms with Crippen LogP contribution in [-0.2, 0) is 4.79 Å². The number of aldehydes is 1. The van der Waals surface area contributed by atoms with E-state index >= 15 is 0 Å². The van der Waals surface area contributed by atoms with E-state index in [9.17, 15) is 4.79 Å². The first-order chi connectivity index (χ1) is 7.63. The van der Waals surface area contributed by atoms with Crippen LogP contribution in [0.15, 0.2) is 22.8 Å². The Morgan fingerprint density at radius 2 is 2.06 bits per heavy atom. The minimum atomic E-state index is 0.550. The summed E-state index contributed by atoms with van der Waals surface area (Å²) in [5, 5.41) is 0. The molecule has 1 nitrogen and oxygen atoms in total. The molecule has 2 rings (SSSR count). The number of hydrogen-bond donors (Lipinski definition) is 0. The van der Waals surface area contributed by atoms with Crippen LogP contribution in [0.1, 0.15) is 46.5 Å². The predicted molar refractivity (Wildman–Crippen MR) is 67.1 cm³/mol. The molecule has 3 atom stereocenters. The van der Waals surface area contributed by atoms with Crippen molar-refractivity contribution >= 4 is 6.29 Å². The fourth-order valence-corrected chi connectivity index (χ4v) is 3.50. The summed E-state index contributed by atoms with van der Waals surface area (Å²) in [5.74, 6) is 2.19. The van der Waals surface area contributed by atoms with Crippen molar-refractivity contribution in [3.05, 3.63) is 22.8 Å². The summed E-state index contributed by atoms with van der Waals surface area (Å²) in [6.45, 7) is 6.59. The van der Waals surface area contributed by atoms with Crippen LogP contribution >= 0.6 is 0 Å². The van der Waals surface area contributed by atoms with E-state index in [0.717, 1.165) is 23.7 Å². The average molecular weight is 218 g/mol. The summed E-state index contributed by atoms with van der Waals surface area (Å²) >= 11 is 0. The van der Waals surface area contributed by atoms with E-state index in [1.165, 1.54) is 25.7 Å². The van der Waals surface area contributed by atoms with E-state index in [2.05, 4.69) is 19.9 Å². The Balaban J connectivity index is 2.27. The van der Waals surface area contributed by atoms with Gasteiger partial charge in [-0.2, -0.15) is 0 Å². The fourth-order valence-electron chi connectivity index (χ4n) is 3.50. The van der Waals surface area contributed by atoms with Gasteiger partial charge in [0.2, 0.25) is 0 Å². The molecule has 2 aliphatic rings. The number of fused-ring (bicyclic) bond motifs is 1. The predicted octanol–water partition coefficient (Wildman–Crippen LogP) is 3.90. The molecular weight excluding hydrogens is 196 g/mol. The molecule has 0 aromatic heterocycles. The minimum Gasteiger partial charge on any atom is -0.298 e. The van der Waals surface area contributed by atoms with Crippen LogP contribution in [0.2, 0.25) is 0 Å². The molecule has 0 radical (unpaired) electrons. The summed E-state index contributed by atoms with van der Waals surface area (Å²) in [4.78, 5) is 10.7. The second kappa shape index (κ2) is 4.57. The average Bonchev–Trinajstić information content (AvgIpc) is 2.66. The first kappa shape index (κ1) is 11.6. The Labute approximate surface area is 98.6 Å². The lowest BCUT2D eigenvalue weighted by Gasteiger charge is -2.34. The summed E-state index contributed by atoms with van der Waals surface area (Å²) < 4.78 is 0. The lowest BCUT2D eigenvalue weighted by molar-refractivity contribution is -0.104. The largest absolute Gasteiger partial charge is 0.298 e. The van der Waals surface area contributed by atoms with Crippen LogP contribution in [0.5, 0.6) is 0 Å². The molecule has 1 fully saturated rings. The molecule has 0 bridgehead atoms. The van der Waals surface area contributed by atoms with Crippen molar-refractivity contribution in [2.75, 3.05) is 0 Å². The van der Waals surface area contributed by atoms with Crippen molar-refractivity contribution in [1.29, 1.82) is 0 Å². The SMILES string of the molecule is CC(C=O)=CC1CCC(C)C2CCC(C)=C12. The highest BCUT2D eigenvalue weighted by atomic mass is 16.1. The standard InChI is InChI=1S/C15H22O/c1-10(9-16)8-13-6-4-11(2)14-7-5-12(3)15(13)14/h8-9,11,13-14H,4-7H2,1-3H3. The summed E-state index contributed by atoms with van der Waals surface area (Å²) in [6.07, 6.45) is 8.33. The molecule has 0 aromatic rings. The summed E-state index contributed by atoms with van der Waals surface area (Å²) in [5.41, 5.74) is 4.15. The Kier molecular flexibility index (Phi) is 3.32. The maximum Gasteiger partial charge on any atom is 0.145 e. The molecule has 16 heavy (non-hydrogen) atoms. The maximum absolute atomic E-state index is 10.7. The van der Waals surface area contributed by atoms with Crippen molar-refractivity contribution in [1.82, 2.24) is 0 Å². The van der Waals surface area contributed by atoms with E-state index in [0.29, 0.717) is 5.92 Å². The van der Waals surface area contributed by atoms with Gasteiger partial charge in [0.05, 0.1) is 0 Å². The molecule has 0 saturated heterocycles. The van der Waals surface area contributed by atoms with Gasteiger partial charge >= 0.3 is 0 Å². The van der Waals surface area contributed by atoms with Gasteiger partial charge in [0, 0.05) is 0 Å². The normalized spacial score (nSPS) is 35.2. The molecule has 88 valence electrons. The van der Waals surface area contributed by atoms with Gasteiger partial charge in [0.1, 0.15) is 6.29 Å². The van der Waals surface area contributed by atoms with Gasteiger partial charge in [-0.15, -0.1) is 0 Å². The number of carbonyl (C=O) groups excluding carboxylic acids is 1. The van der Waals surface area contributed by atoms with E-state index in [4.69, 9.17) is 0 Å². The zero-order valence-corrected chi connectivity index (χ0v) is 10.6. The van der Waals surface area contributed by atoms with Gasteiger partial charge in [0.15, 0.2) is 0 Å². The fraction of sp³-hybridized carbons (Fsp3) is 0.667. The highest BCUT2D eigenvalue weighted by molar-refractivity contribution is 5.72. The Bertz CT molecular complexity index is 348. The molecule has 3 unspecified atom stereocenters. The molecule has 1 saturated carbocycles. The Morgan fingerprint density at radius 3 is 2.75 bits per heavy atom. The van der Waals surface area contributed by atoms with Crippen LogP contribution in [0.3, 0.4) is 0 Å². The van der Waals surface area contributed by atoms with Gasteiger partial charge in [-0.25, -0.2) is 0 Å². The first-order valence-electron chi connectivity index (χ1n) is 6.46. The van der Waals surface area contributed by atoms with Crippen molar-refractivity contribution in [2.45, 2.75) is 46.5 Å². The van der Waals surface area contributed by atoms with Crippen molar-refractivity contribution < 1.29 is 4.79 Å². The van der Waals surface area contributed by atoms with Gasteiger partial charge in [-0.05, 0) is 62.9 Å². The topological polar surface area (TPSA) is 17.1 Å². The van der Waals surface area contributed by atoms with E-state index in [1.807, 2.05) is 6.92 Å². The monoisotopic (exact) mass is 218 g/mol. The Hall–Kier alpha value is -0.850. The maximum atomic E-state index is 10.7. The van der Waals surface area contributed by atoms with Crippen LogP contribution < -0.4 is 0 Å². The number of hydrogen-bond acceptors (Lipinski definition) is 1. The molecule has 1 heteroatoms. The van der Waals surface area contributed by atoms with E-state index < -0.39 is 0 Å². The van der Waals surface area contributed by atoms with Gasteiger partial charge in [-0.1, -0.05) is 24.1 Å². The summed E-state index contributed by atoms with van der Waals surface area (Å²) in [7, 11) is 0. The zero-order chi connectivity index (χ0) is 11.7. The van der Waals surface area contributed by atoms with E-state index in [1.54, 1.807) is 11.1 Å². The third-order valence-electron chi connectivity index (χ3n) is 4.39. The molecule has 0 N–H and O–H groups in total. The third-order valence-corrected chi connectivity index (χ3v) is 4.39. The number of carbonyl (C=O) groups is 1. The second-order valence-electron chi connectivity index (χ2n) is 5.57. The summed E-state index contributed by atoms with van der Waals surface area (Å²) in [6, 6.07) is 0. The third kappa shape index (κ3) is 2.00. The molecule has 2 aliphatic carbocycles. The number of rotatable bonds is 2. The number of allylic oxidation sites excluding steroid dienone is 4. The van der Waals surface area contributed by atoms with Gasteiger partial charge in [0.25, 0.3) is 0 Å². The van der Waals surface area contributed by atoms with E-state index in [-0.39, 0.29) is 0 Å². The van der Waals surface area contributed by atoms with Crippen molar-refractivity contribution in [3.63, 3.8) is 0 Å². The van der Waals surface area contributed by atoms with Crippen LogP contribution in [0.25, 0.3) is 0 Å². The van der Waals surface area contributed by atoms with Crippen LogP contribution in [0.4, 0.5) is 0 Å².